The van der Waals surface area contributed by atoms with Crippen molar-refractivity contribution in [1.82, 2.24) is 4.98 Å². The van der Waals surface area contributed by atoms with Crippen LogP contribution in [0.2, 0.25) is 0 Å². The van der Waals surface area contributed by atoms with Crippen LogP contribution in [0.5, 0.6) is 0 Å². The van der Waals surface area contributed by atoms with Gasteiger partial charge in [0, 0.05) is 6.61 Å². The molecule has 1 fully saturated rings. The average molecular weight is 284 g/mol. The standard InChI is InChI=1S/C12H16N2O4S/c1-3-17-11(16)9-7(2)13-12(19-9)14-10(15)8-5-4-6-18-8/h8H,3-6H2,1-2H3,(H,13,14,15). The van der Waals surface area contributed by atoms with E-state index in [1.165, 1.54) is 0 Å². The summed E-state index contributed by atoms with van der Waals surface area (Å²) in [6, 6.07) is 0. The SMILES string of the molecule is CCOC(=O)c1sc(NC(=O)C2CCCO2)nc1C. The third-order valence-corrected chi connectivity index (χ3v) is 3.76. The lowest BCUT2D eigenvalue weighted by Crippen LogP contribution is -2.26. The predicted octanol–water partition coefficient (Wildman–Crippen LogP) is 1.75. The first-order chi connectivity index (χ1) is 9.11. The highest BCUT2D eigenvalue weighted by Crippen LogP contribution is 2.24. The molecule has 1 unspecified atom stereocenters. The molecule has 0 aliphatic carbocycles. The lowest BCUT2D eigenvalue weighted by molar-refractivity contribution is -0.124. The molecule has 2 heterocycles. The molecule has 0 radical (unpaired) electrons. The van der Waals surface area contributed by atoms with Crippen LogP contribution in [0.15, 0.2) is 0 Å². The molecule has 1 aromatic heterocycles. The molecule has 2 rings (SSSR count). The number of anilines is 1. The number of hydrogen-bond acceptors (Lipinski definition) is 6. The normalized spacial score (nSPS) is 18.3. The van der Waals surface area contributed by atoms with Crippen molar-refractivity contribution in [2.75, 3.05) is 18.5 Å². The minimum absolute atomic E-state index is 0.207. The summed E-state index contributed by atoms with van der Waals surface area (Å²) in [5, 5.41) is 3.08. The van der Waals surface area contributed by atoms with E-state index in [1.807, 2.05) is 0 Å². The lowest BCUT2D eigenvalue weighted by Gasteiger charge is -2.07. The fourth-order valence-corrected chi connectivity index (χ4v) is 2.67. The molecule has 19 heavy (non-hydrogen) atoms. The van der Waals surface area contributed by atoms with E-state index in [9.17, 15) is 9.59 Å². The molecule has 7 heteroatoms. The van der Waals surface area contributed by atoms with Gasteiger partial charge in [0.15, 0.2) is 5.13 Å². The molecular weight excluding hydrogens is 268 g/mol. The number of esters is 1. The van der Waals surface area contributed by atoms with Crippen LogP contribution in [-0.4, -0.2) is 36.2 Å². The zero-order valence-corrected chi connectivity index (χ0v) is 11.7. The van der Waals surface area contributed by atoms with Crippen molar-refractivity contribution >= 4 is 28.3 Å². The Morgan fingerprint density at radius 1 is 1.58 bits per heavy atom. The second-order valence-corrected chi connectivity index (χ2v) is 5.14. The Morgan fingerprint density at radius 2 is 2.37 bits per heavy atom. The van der Waals surface area contributed by atoms with Crippen molar-refractivity contribution in [3.63, 3.8) is 0 Å². The fraction of sp³-hybridized carbons (Fsp3) is 0.583. The van der Waals surface area contributed by atoms with E-state index in [0.717, 1.165) is 24.2 Å². The number of ether oxygens (including phenoxy) is 2. The molecule has 0 saturated carbocycles. The van der Waals surface area contributed by atoms with Crippen LogP contribution in [-0.2, 0) is 14.3 Å². The third-order valence-electron chi connectivity index (χ3n) is 2.71. The van der Waals surface area contributed by atoms with Gasteiger partial charge >= 0.3 is 5.97 Å². The first-order valence-corrected chi connectivity index (χ1v) is 7.00. The van der Waals surface area contributed by atoms with Gasteiger partial charge in [0.2, 0.25) is 0 Å². The van der Waals surface area contributed by atoms with Crippen molar-refractivity contribution in [1.29, 1.82) is 0 Å². The highest BCUT2D eigenvalue weighted by Gasteiger charge is 2.25. The molecule has 104 valence electrons. The van der Waals surface area contributed by atoms with E-state index in [1.54, 1.807) is 13.8 Å². The first-order valence-electron chi connectivity index (χ1n) is 6.18. The van der Waals surface area contributed by atoms with Crippen molar-refractivity contribution in [2.45, 2.75) is 32.8 Å². The highest BCUT2D eigenvalue weighted by atomic mass is 32.1. The molecule has 1 amide bonds. The van der Waals surface area contributed by atoms with Gasteiger partial charge in [-0.2, -0.15) is 0 Å². The van der Waals surface area contributed by atoms with Gasteiger partial charge in [-0.25, -0.2) is 9.78 Å². The number of nitrogens with one attached hydrogen (secondary N) is 1. The maximum absolute atomic E-state index is 11.8. The molecular formula is C12H16N2O4S. The Labute approximate surface area is 115 Å². The number of thiazole rings is 1. The molecule has 1 N–H and O–H groups in total. The van der Waals surface area contributed by atoms with E-state index >= 15 is 0 Å². The van der Waals surface area contributed by atoms with E-state index < -0.39 is 12.1 Å². The summed E-state index contributed by atoms with van der Waals surface area (Å²) >= 11 is 1.12. The van der Waals surface area contributed by atoms with E-state index in [2.05, 4.69) is 10.3 Å². The number of rotatable bonds is 4. The minimum atomic E-state index is -0.407. The first kappa shape index (κ1) is 14.0. The topological polar surface area (TPSA) is 77.5 Å². The largest absolute Gasteiger partial charge is 0.462 e. The number of carbonyl (C=O) groups is 2. The average Bonchev–Trinajstić information content (AvgIpc) is 2.99. The molecule has 1 aliphatic rings. The number of carbonyl (C=O) groups excluding carboxylic acids is 2. The van der Waals surface area contributed by atoms with Gasteiger partial charge < -0.3 is 9.47 Å². The van der Waals surface area contributed by atoms with E-state index in [-0.39, 0.29) is 5.91 Å². The maximum atomic E-state index is 11.8. The number of amides is 1. The van der Waals surface area contributed by atoms with Crippen molar-refractivity contribution in [3.8, 4) is 0 Å². The second-order valence-electron chi connectivity index (χ2n) is 4.14. The van der Waals surface area contributed by atoms with Crippen LogP contribution in [0, 0.1) is 6.92 Å². The van der Waals surface area contributed by atoms with Gasteiger partial charge in [0.25, 0.3) is 5.91 Å². The van der Waals surface area contributed by atoms with Crippen LogP contribution in [0.1, 0.15) is 35.1 Å². The zero-order valence-electron chi connectivity index (χ0n) is 10.9. The third kappa shape index (κ3) is 3.30. The summed E-state index contributed by atoms with van der Waals surface area (Å²) in [7, 11) is 0. The molecule has 0 bridgehead atoms. The molecule has 1 aliphatic heterocycles. The summed E-state index contributed by atoms with van der Waals surface area (Å²) in [5.41, 5.74) is 0.561. The quantitative estimate of drug-likeness (QED) is 0.852. The van der Waals surface area contributed by atoms with E-state index in [4.69, 9.17) is 9.47 Å². The van der Waals surface area contributed by atoms with E-state index in [0.29, 0.717) is 28.9 Å². The van der Waals surface area contributed by atoms with Crippen LogP contribution in [0.4, 0.5) is 5.13 Å². The Morgan fingerprint density at radius 3 is 3.00 bits per heavy atom. The lowest BCUT2D eigenvalue weighted by atomic mass is 10.2. The van der Waals surface area contributed by atoms with Crippen molar-refractivity contribution in [2.24, 2.45) is 0 Å². The summed E-state index contributed by atoms with van der Waals surface area (Å²) in [6.07, 6.45) is 1.21. The summed E-state index contributed by atoms with van der Waals surface area (Å²) in [4.78, 5) is 28.1. The van der Waals surface area contributed by atoms with Gasteiger partial charge in [-0.05, 0) is 26.7 Å². The molecule has 0 spiro atoms. The molecule has 0 aromatic carbocycles. The monoisotopic (exact) mass is 284 g/mol. The van der Waals surface area contributed by atoms with Crippen LogP contribution < -0.4 is 5.32 Å². The maximum Gasteiger partial charge on any atom is 0.350 e. The fourth-order valence-electron chi connectivity index (χ4n) is 1.81. The number of hydrogen-bond donors (Lipinski definition) is 1. The number of aryl methyl sites for hydroxylation is 1. The molecule has 1 aromatic rings. The number of nitrogens with zero attached hydrogens (tertiary/aromatic N) is 1. The van der Waals surface area contributed by atoms with Crippen LogP contribution >= 0.6 is 11.3 Å². The van der Waals surface area contributed by atoms with Crippen molar-refractivity contribution < 1.29 is 19.1 Å². The minimum Gasteiger partial charge on any atom is -0.462 e. The zero-order chi connectivity index (χ0) is 13.8. The second kappa shape index (κ2) is 6.12. The Bertz CT molecular complexity index is 480. The molecule has 1 saturated heterocycles. The van der Waals surface area contributed by atoms with Gasteiger partial charge in [0.05, 0.1) is 12.3 Å². The smallest absolute Gasteiger partial charge is 0.350 e. The predicted molar refractivity (Wildman–Crippen MR) is 70.4 cm³/mol. The van der Waals surface area contributed by atoms with Gasteiger partial charge in [0.1, 0.15) is 11.0 Å². The van der Waals surface area contributed by atoms with Crippen molar-refractivity contribution in [3.05, 3.63) is 10.6 Å². The molecule has 1 atom stereocenters. The Balaban J connectivity index is 2.03. The summed E-state index contributed by atoms with van der Waals surface area (Å²) in [5.74, 6) is -0.614. The summed E-state index contributed by atoms with van der Waals surface area (Å²) < 4.78 is 10.2. The number of aromatic nitrogens is 1. The molecule has 6 nitrogen and oxygen atoms in total. The van der Waals surface area contributed by atoms with Crippen LogP contribution in [0.3, 0.4) is 0 Å². The van der Waals surface area contributed by atoms with Gasteiger partial charge in [-0.3, -0.25) is 10.1 Å². The summed E-state index contributed by atoms with van der Waals surface area (Å²) in [6.45, 7) is 4.38. The van der Waals surface area contributed by atoms with Crippen LogP contribution in [0.25, 0.3) is 0 Å². The Hall–Kier alpha value is -1.47. The Kier molecular flexibility index (Phi) is 4.49. The van der Waals surface area contributed by atoms with Gasteiger partial charge in [-0.1, -0.05) is 11.3 Å². The highest BCUT2D eigenvalue weighted by molar-refractivity contribution is 7.17. The van der Waals surface area contributed by atoms with Gasteiger partial charge in [-0.15, -0.1) is 0 Å².